The zero-order chi connectivity index (χ0) is 21.8. The van der Waals surface area contributed by atoms with E-state index in [-0.39, 0.29) is 0 Å². The van der Waals surface area contributed by atoms with Crippen molar-refractivity contribution in [1.29, 1.82) is 10.5 Å². The van der Waals surface area contributed by atoms with Gasteiger partial charge in [-0.3, -0.25) is 0 Å². The average Bonchev–Trinajstić information content (AvgIpc) is 2.66. The topological polar surface area (TPSA) is 149 Å². The molecule has 1 aromatic carbocycles. The summed E-state index contributed by atoms with van der Waals surface area (Å²) in [6, 6.07) is 12.5. The Morgan fingerprint density at radius 1 is 1.07 bits per heavy atom. The van der Waals surface area contributed by atoms with Crippen LogP contribution in [0, 0.1) is 22.7 Å². The lowest BCUT2D eigenvalue weighted by Crippen LogP contribution is -2.34. The van der Waals surface area contributed by atoms with Crippen LogP contribution >= 0.6 is 0 Å². The fraction of sp³-hybridized carbons (Fsp3) is 0.526. The predicted octanol–water partition coefficient (Wildman–Crippen LogP) is 4.69. The van der Waals surface area contributed by atoms with Gasteiger partial charge in [-0.1, -0.05) is 23.3 Å². The summed E-state index contributed by atoms with van der Waals surface area (Å²) in [4.78, 5) is 10.0. The predicted molar refractivity (Wildman–Crippen MR) is 105 cm³/mol. The highest BCUT2D eigenvalue weighted by molar-refractivity contribution is 5.71. The SMILES string of the molecule is CC(C)(C#N)N=NC(N)=O.COC(C)(C)CC(C)(C#N)N=Nc1ccccc1. The van der Waals surface area contributed by atoms with Crippen LogP contribution in [0.3, 0.4) is 0 Å². The number of hydrogen-bond donors (Lipinski definition) is 1. The summed E-state index contributed by atoms with van der Waals surface area (Å²) in [5, 5.41) is 32.3. The molecule has 0 spiro atoms. The van der Waals surface area contributed by atoms with Crippen molar-refractivity contribution in [2.75, 3.05) is 7.11 Å². The monoisotopic (exact) mass is 385 g/mol. The Balaban J connectivity index is 0.000000621. The van der Waals surface area contributed by atoms with E-state index >= 15 is 0 Å². The number of ether oxygens (including phenoxy) is 1. The molecule has 0 aliphatic carbocycles. The molecule has 0 aromatic heterocycles. The maximum Gasteiger partial charge on any atom is 0.356 e. The molecule has 0 heterocycles. The van der Waals surface area contributed by atoms with Gasteiger partial charge in [0.25, 0.3) is 0 Å². The van der Waals surface area contributed by atoms with E-state index in [9.17, 15) is 10.1 Å². The number of carbonyl (C=O) groups is 1. The van der Waals surface area contributed by atoms with E-state index in [4.69, 9.17) is 10.00 Å². The van der Waals surface area contributed by atoms with Crippen LogP contribution < -0.4 is 5.73 Å². The molecule has 2 amide bonds. The fourth-order valence-electron chi connectivity index (χ4n) is 1.86. The number of nitrogens with two attached hydrogens (primary N) is 1. The molecular weight excluding hydrogens is 358 g/mol. The Hall–Kier alpha value is -3.17. The van der Waals surface area contributed by atoms with Crippen LogP contribution in [0.1, 0.15) is 41.0 Å². The molecule has 28 heavy (non-hydrogen) atoms. The molecular formula is C19H27N7O2. The minimum atomic E-state index is -0.963. The van der Waals surface area contributed by atoms with Gasteiger partial charge >= 0.3 is 6.03 Å². The van der Waals surface area contributed by atoms with Crippen molar-refractivity contribution in [3.63, 3.8) is 0 Å². The molecule has 0 radical (unpaired) electrons. The van der Waals surface area contributed by atoms with Gasteiger partial charge in [0, 0.05) is 13.5 Å². The zero-order valence-electron chi connectivity index (χ0n) is 17.2. The Labute approximate surface area is 165 Å². The highest BCUT2D eigenvalue weighted by atomic mass is 16.5. The van der Waals surface area contributed by atoms with Crippen molar-refractivity contribution in [1.82, 2.24) is 0 Å². The summed E-state index contributed by atoms with van der Waals surface area (Å²) in [7, 11) is 1.63. The van der Waals surface area contributed by atoms with Gasteiger partial charge in [-0.2, -0.15) is 25.9 Å². The lowest BCUT2D eigenvalue weighted by molar-refractivity contribution is 0.00493. The van der Waals surface area contributed by atoms with Gasteiger partial charge in [0.15, 0.2) is 11.1 Å². The molecule has 9 nitrogen and oxygen atoms in total. The first-order valence-corrected chi connectivity index (χ1v) is 8.46. The Bertz CT molecular complexity index is 774. The van der Waals surface area contributed by atoms with Crippen molar-refractivity contribution >= 4 is 11.7 Å². The highest BCUT2D eigenvalue weighted by Crippen LogP contribution is 2.27. The molecule has 1 unspecified atom stereocenters. The number of rotatable bonds is 6. The normalized spacial score (nSPS) is 13.9. The standard InChI is InChI=1S/C14H19N3O.C5H8N4O/c1-13(2,18-4)10-14(3,11-15)17-16-12-8-6-5-7-9-12;1-5(2,3-6)9-8-4(7)10/h5-9H,10H2,1-4H3;1-2H3,(H2,7,10). The summed E-state index contributed by atoms with van der Waals surface area (Å²) < 4.78 is 5.33. The van der Waals surface area contributed by atoms with E-state index in [0.29, 0.717) is 6.42 Å². The molecule has 1 aromatic rings. The summed E-state index contributed by atoms with van der Waals surface area (Å²) in [6.45, 7) is 8.68. The van der Waals surface area contributed by atoms with Crippen molar-refractivity contribution in [2.45, 2.75) is 57.7 Å². The molecule has 0 saturated heterocycles. The summed E-state index contributed by atoms with van der Waals surface area (Å²) in [5.74, 6) is 0. The maximum atomic E-state index is 10.0. The number of nitrogens with zero attached hydrogens (tertiary/aromatic N) is 6. The zero-order valence-corrected chi connectivity index (χ0v) is 17.2. The number of nitriles is 2. The number of urea groups is 1. The molecule has 150 valence electrons. The number of methoxy groups -OCH3 is 1. The van der Waals surface area contributed by atoms with Crippen LogP contribution in [0.5, 0.6) is 0 Å². The molecule has 0 fully saturated rings. The van der Waals surface area contributed by atoms with Gasteiger partial charge < -0.3 is 10.5 Å². The quantitative estimate of drug-likeness (QED) is 0.707. The van der Waals surface area contributed by atoms with Crippen LogP contribution in [-0.4, -0.2) is 29.8 Å². The second-order valence-electron chi connectivity index (χ2n) is 7.27. The molecule has 0 aliphatic rings. The van der Waals surface area contributed by atoms with Crippen molar-refractivity contribution in [3.8, 4) is 12.1 Å². The van der Waals surface area contributed by atoms with E-state index in [1.807, 2.05) is 50.2 Å². The van der Waals surface area contributed by atoms with Gasteiger partial charge in [0.05, 0.1) is 23.4 Å². The van der Waals surface area contributed by atoms with Crippen LogP contribution in [0.25, 0.3) is 0 Å². The van der Waals surface area contributed by atoms with E-state index < -0.39 is 22.7 Å². The van der Waals surface area contributed by atoms with Gasteiger partial charge in [0.1, 0.15) is 0 Å². The third-order valence-electron chi connectivity index (χ3n) is 3.38. The number of azo groups is 2. The fourth-order valence-corrected chi connectivity index (χ4v) is 1.86. The smallest absolute Gasteiger partial charge is 0.356 e. The summed E-state index contributed by atoms with van der Waals surface area (Å²) in [6.07, 6.45) is 0.489. The van der Waals surface area contributed by atoms with Gasteiger partial charge in [-0.25, -0.2) is 4.79 Å². The number of benzene rings is 1. The third-order valence-corrected chi connectivity index (χ3v) is 3.38. The average molecular weight is 385 g/mol. The number of hydrogen-bond acceptors (Lipinski definition) is 7. The molecule has 0 bridgehead atoms. The molecule has 0 saturated carbocycles. The second kappa shape index (κ2) is 10.9. The number of primary amides is 1. The largest absolute Gasteiger partial charge is 0.379 e. The van der Waals surface area contributed by atoms with Crippen LogP contribution in [0.2, 0.25) is 0 Å². The number of amides is 2. The Morgan fingerprint density at radius 2 is 1.64 bits per heavy atom. The highest BCUT2D eigenvalue weighted by Gasteiger charge is 2.33. The van der Waals surface area contributed by atoms with E-state index in [1.165, 1.54) is 13.8 Å². The van der Waals surface area contributed by atoms with Crippen molar-refractivity contribution < 1.29 is 9.53 Å². The molecule has 9 heteroatoms. The molecule has 0 aliphatic heterocycles. The first-order valence-electron chi connectivity index (χ1n) is 8.46. The lowest BCUT2D eigenvalue weighted by atomic mass is 9.90. The van der Waals surface area contributed by atoms with E-state index in [1.54, 1.807) is 14.0 Å². The van der Waals surface area contributed by atoms with Crippen LogP contribution in [0.4, 0.5) is 10.5 Å². The summed E-state index contributed by atoms with van der Waals surface area (Å²) in [5.41, 5.74) is 3.14. The number of carbonyl (C=O) groups excluding carboxylic acids is 1. The van der Waals surface area contributed by atoms with E-state index in [2.05, 4.69) is 32.3 Å². The maximum absolute atomic E-state index is 10.0. The second-order valence-corrected chi connectivity index (χ2v) is 7.27. The van der Waals surface area contributed by atoms with Gasteiger partial charge in [-0.05, 0) is 46.8 Å². The van der Waals surface area contributed by atoms with Crippen LogP contribution in [0.15, 0.2) is 50.8 Å². The van der Waals surface area contributed by atoms with E-state index in [0.717, 1.165) is 5.69 Å². The van der Waals surface area contributed by atoms with Crippen LogP contribution in [-0.2, 0) is 4.74 Å². The minimum absolute atomic E-state index is 0.403. The third kappa shape index (κ3) is 10.7. The minimum Gasteiger partial charge on any atom is -0.379 e. The van der Waals surface area contributed by atoms with Crippen molar-refractivity contribution in [2.24, 2.45) is 26.2 Å². The molecule has 1 rings (SSSR count). The van der Waals surface area contributed by atoms with Crippen molar-refractivity contribution in [3.05, 3.63) is 30.3 Å². The van der Waals surface area contributed by atoms with Gasteiger partial charge in [0.2, 0.25) is 0 Å². The first kappa shape index (κ1) is 24.8. The molecule has 1 atom stereocenters. The summed E-state index contributed by atoms with van der Waals surface area (Å²) >= 11 is 0. The molecule has 2 N–H and O–H groups in total. The lowest BCUT2D eigenvalue weighted by Gasteiger charge is -2.28. The Kier molecular flexibility index (Phi) is 9.62. The Morgan fingerprint density at radius 3 is 2.07 bits per heavy atom. The van der Waals surface area contributed by atoms with Gasteiger partial charge in [-0.15, -0.1) is 0 Å². The first-order chi connectivity index (χ1) is 12.9.